The van der Waals surface area contributed by atoms with Crippen molar-refractivity contribution in [2.45, 2.75) is 13.3 Å². The zero-order valence-corrected chi connectivity index (χ0v) is 13.3. The number of rotatable bonds is 5. The number of aryl methyl sites for hydroxylation is 1. The van der Waals surface area contributed by atoms with E-state index in [1.165, 1.54) is 5.56 Å². The summed E-state index contributed by atoms with van der Waals surface area (Å²) in [4.78, 5) is 16.1. The molecule has 0 amide bonds. The standard InChI is InChI=1S/C18H17N5O/c1-12-2-4-13(5-3-12)18-23-14(10-24-18)6-8-19-16-15-7-9-20-17(15)22-11-21-16/h2-5,7,9-11H,6,8H2,1H3,(H2,19,20,21,22). The fourth-order valence-electron chi connectivity index (χ4n) is 2.57. The van der Waals surface area contributed by atoms with Crippen molar-refractivity contribution in [2.75, 3.05) is 11.9 Å². The zero-order chi connectivity index (χ0) is 16.4. The molecule has 0 aliphatic rings. The second kappa shape index (κ2) is 6.16. The number of nitrogens with one attached hydrogen (secondary N) is 2. The Kier molecular flexibility index (Phi) is 3.70. The maximum Gasteiger partial charge on any atom is 0.226 e. The van der Waals surface area contributed by atoms with Crippen molar-refractivity contribution in [1.29, 1.82) is 0 Å². The molecule has 3 heterocycles. The van der Waals surface area contributed by atoms with Crippen LogP contribution < -0.4 is 5.32 Å². The highest BCUT2D eigenvalue weighted by atomic mass is 16.3. The molecule has 2 N–H and O–H groups in total. The van der Waals surface area contributed by atoms with Crippen LogP contribution in [0.15, 0.2) is 53.5 Å². The summed E-state index contributed by atoms with van der Waals surface area (Å²) >= 11 is 0. The predicted octanol–water partition coefficient (Wildman–Crippen LogP) is 3.58. The van der Waals surface area contributed by atoms with Crippen LogP contribution in [0.2, 0.25) is 0 Å². The molecule has 3 aromatic heterocycles. The highest BCUT2D eigenvalue weighted by molar-refractivity contribution is 5.86. The van der Waals surface area contributed by atoms with Crippen molar-refractivity contribution in [2.24, 2.45) is 0 Å². The van der Waals surface area contributed by atoms with Crippen LogP contribution in [-0.2, 0) is 6.42 Å². The third-order valence-corrected chi connectivity index (χ3v) is 3.88. The Labute approximate surface area is 139 Å². The summed E-state index contributed by atoms with van der Waals surface area (Å²) in [6.45, 7) is 2.78. The van der Waals surface area contributed by atoms with Gasteiger partial charge in [-0.25, -0.2) is 15.0 Å². The molecule has 120 valence electrons. The van der Waals surface area contributed by atoms with Gasteiger partial charge in [-0.15, -0.1) is 0 Å². The molecule has 0 bridgehead atoms. The normalized spacial score (nSPS) is 11.0. The molecule has 0 aliphatic carbocycles. The van der Waals surface area contributed by atoms with Crippen LogP contribution in [-0.4, -0.2) is 26.5 Å². The molecule has 0 fully saturated rings. The number of nitrogens with zero attached hydrogens (tertiary/aromatic N) is 3. The maximum absolute atomic E-state index is 5.58. The molecule has 0 radical (unpaired) electrons. The third-order valence-electron chi connectivity index (χ3n) is 3.88. The lowest BCUT2D eigenvalue weighted by Crippen LogP contribution is -2.07. The Hall–Kier alpha value is -3.15. The van der Waals surface area contributed by atoms with Gasteiger partial charge in [0.25, 0.3) is 0 Å². The van der Waals surface area contributed by atoms with Crippen molar-refractivity contribution < 1.29 is 4.42 Å². The van der Waals surface area contributed by atoms with Crippen molar-refractivity contribution >= 4 is 16.9 Å². The van der Waals surface area contributed by atoms with E-state index in [2.05, 4.69) is 44.3 Å². The predicted molar refractivity (Wildman–Crippen MR) is 92.8 cm³/mol. The van der Waals surface area contributed by atoms with Gasteiger partial charge in [-0.3, -0.25) is 0 Å². The monoisotopic (exact) mass is 319 g/mol. The molecule has 1 aromatic carbocycles. The minimum absolute atomic E-state index is 0.653. The van der Waals surface area contributed by atoms with Gasteiger partial charge in [-0.2, -0.15) is 0 Å². The highest BCUT2D eigenvalue weighted by Crippen LogP contribution is 2.20. The summed E-state index contributed by atoms with van der Waals surface area (Å²) in [6, 6.07) is 10.1. The Morgan fingerprint density at radius 3 is 2.88 bits per heavy atom. The fourth-order valence-corrected chi connectivity index (χ4v) is 2.57. The average Bonchev–Trinajstić information content (AvgIpc) is 3.25. The van der Waals surface area contributed by atoms with E-state index in [1.807, 2.05) is 24.4 Å². The number of H-pyrrole nitrogens is 1. The van der Waals surface area contributed by atoms with E-state index in [9.17, 15) is 0 Å². The van der Waals surface area contributed by atoms with E-state index in [4.69, 9.17) is 4.42 Å². The summed E-state index contributed by atoms with van der Waals surface area (Å²) < 4.78 is 5.58. The SMILES string of the molecule is Cc1ccc(-c2nc(CCNc3ncnc4[nH]ccc34)co2)cc1. The van der Waals surface area contributed by atoms with E-state index < -0.39 is 0 Å². The number of aromatic amines is 1. The number of anilines is 1. The lowest BCUT2D eigenvalue weighted by Gasteiger charge is -2.04. The first-order valence-electron chi connectivity index (χ1n) is 7.83. The Morgan fingerprint density at radius 1 is 1.12 bits per heavy atom. The fraction of sp³-hybridized carbons (Fsp3) is 0.167. The number of benzene rings is 1. The summed E-state index contributed by atoms with van der Waals surface area (Å²) in [5.74, 6) is 1.48. The minimum atomic E-state index is 0.653. The van der Waals surface area contributed by atoms with Crippen molar-refractivity contribution in [3.8, 4) is 11.5 Å². The van der Waals surface area contributed by atoms with Crippen molar-refractivity contribution in [1.82, 2.24) is 19.9 Å². The summed E-state index contributed by atoms with van der Waals surface area (Å²) in [7, 11) is 0. The third kappa shape index (κ3) is 2.86. The minimum Gasteiger partial charge on any atom is -0.444 e. The second-order valence-corrected chi connectivity index (χ2v) is 5.65. The zero-order valence-electron chi connectivity index (χ0n) is 13.3. The number of aromatic nitrogens is 4. The van der Waals surface area contributed by atoms with Gasteiger partial charge in [0.2, 0.25) is 5.89 Å². The highest BCUT2D eigenvalue weighted by Gasteiger charge is 2.07. The van der Waals surface area contributed by atoms with Gasteiger partial charge in [0.15, 0.2) is 0 Å². The molecule has 6 heteroatoms. The van der Waals surface area contributed by atoms with Crippen LogP contribution in [0.25, 0.3) is 22.5 Å². The lowest BCUT2D eigenvalue weighted by molar-refractivity contribution is 0.572. The smallest absolute Gasteiger partial charge is 0.226 e. The molecule has 0 aliphatic heterocycles. The Bertz CT molecular complexity index is 955. The van der Waals surface area contributed by atoms with Gasteiger partial charge in [-0.05, 0) is 25.1 Å². The van der Waals surface area contributed by atoms with Gasteiger partial charge < -0.3 is 14.7 Å². The number of hydrogen-bond donors (Lipinski definition) is 2. The van der Waals surface area contributed by atoms with Crippen molar-refractivity contribution in [3.05, 3.63) is 60.4 Å². The van der Waals surface area contributed by atoms with Crippen LogP contribution in [0.5, 0.6) is 0 Å². The number of hydrogen-bond acceptors (Lipinski definition) is 5. The van der Waals surface area contributed by atoms with Gasteiger partial charge in [0.1, 0.15) is 24.1 Å². The van der Waals surface area contributed by atoms with E-state index in [-0.39, 0.29) is 0 Å². The first-order valence-corrected chi connectivity index (χ1v) is 7.83. The molecule has 0 saturated heterocycles. The number of oxazole rings is 1. The van der Waals surface area contributed by atoms with Crippen LogP contribution >= 0.6 is 0 Å². The van der Waals surface area contributed by atoms with Crippen LogP contribution in [0, 0.1) is 6.92 Å². The molecule has 0 atom stereocenters. The molecular formula is C18H17N5O. The maximum atomic E-state index is 5.58. The molecule has 0 saturated carbocycles. The largest absolute Gasteiger partial charge is 0.444 e. The summed E-state index contributed by atoms with van der Waals surface area (Å²) in [5.41, 5.74) is 3.95. The Balaban J connectivity index is 1.41. The summed E-state index contributed by atoms with van der Waals surface area (Å²) in [5, 5.41) is 4.31. The van der Waals surface area contributed by atoms with E-state index >= 15 is 0 Å². The molecule has 6 nitrogen and oxygen atoms in total. The first-order chi connectivity index (χ1) is 11.8. The quantitative estimate of drug-likeness (QED) is 0.588. The molecule has 0 unspecified atom stereocenters. The van der Waals surface area contributed by atoms with Gasteiger partial charge >= 0.3 is 0 Å². The molecule has 4 rings (SSSR count). The molecular weight excluding hydrogens is 302 g/mol. The van der Waals surface area contributed by atoms with Gasteiger partial charge in [0.05, 0.1) is 11.1 Å². The summed E-state index contributed by atoms with van der Waals surface area (Å²) in [6.07, 6.45) is 5.87. The van der Waals surface area contributed by atoms with Crippen LogP contribution in [0.1, 0.15) is 11.3 Å². The Morgan fingerprint density at radius 2 is 2.00 bits per heavy atom. The molecule has 4 aromatic rings. The van der Waals surface area contributed by atoms with Gasteiger partial charge in [-0.1, -0.05) is 17.7 Å². The van der Waals surface area contributed by atoms with E-state index in [1.54, 1.807) is 12.6 Å². The van der Waals surface area contributed by atoms with Crippen LogP contribution in [0.3, 0.4) is 0 Å². The molecule has 24 heavy (non-hydrogen) atoms. The second-order valence-electron chi connectivity index (χ2n) is 5.65. The lowest BCUT2D eigenvalue weighted by atomic mass is 10.1. The van der Waals surface area contributed by atoms with Gasteiger partial charge in [0, 0.05) is 24.7 Å². The topological polar surface area (TPSA) is 79.6 Å². The number of fused-ring (bicyclic) bond motifs is 1. The van der Waals surface area contributed by atoms with Crippen molar-refractivity contribution in [3.63, 3.8) is 0 Å². The first kappa shape index (κ1) is 14.4. The van der Waals surface area contributed by atoms with E-state index in [0.29, 0.717) is 5.89 Å². The average molecular weight is 319 g/mol. The molecule has 0 spiro atoms. The van der Waals surface area contributed by atoms with E-state index in [0.717, 1.165) is 41.1 Å². The van der Waals surface area contributed by atoms with Crippen LogP contribution in [0.4, 0.5) is 5.82 Å².